The number of aliphatic hydroxyl groups is 1. The molecule has 11 nitrogen and oxygen atoms in total. The second kappa shape index (κ2) is 10.8. The van der Waals surface area contributed by atoms with Crippen molar-refractivity contribution in [1.29, 1.82) is 0 Å². The number of piperazine rings is 1. The van der Waals surface area contributed by atoms with Crippen LogP contribution in [0.2, 0.25) is 0 Å². The Morgan fingerprint density at radius 1 is 1.02 bits per heavy atom. The molecule has 3 atom stereocenters. The SMILES string of the molecule is Nc1ccc(S(=O)(=O)N2CCN(c3ncc(C(O)(C(F)(F)F)C(F)(F)F)cn3)[C@@H](CN3C4COCC3CC(=O)C4)C2)s1. The van der Waals surface area contributed by atoms with Gasteiger partial charge in [-0.05, 0) is 12.1 Å². The molecule has 3 saturated heterocycles. The number of alkyl halides is 6. The largest absolute Gasteiger partial charge is 0.430 e. The number of Topliss-reactive ketones (excluding diaryl/α,β-unsaturated/α-hetero) is 1. The number of hydrogen-bond donors (Lipinski definition) is 2. The molecule has 3 aliphatic heterocycles. The van der Waals surface area contributed by atoms with Crippen molar-refractivity contribution in [3.05, 3.63) is 30.1 Å². The van der Waals surface area contributed by atoms with Crippen LogP contribution in [0.25, 0.3) is 0 Å². The second-order valence-corrected chi connectivity index (χ2v) is 13.6. The Morgan fingerprint density at radius 3 is 2.14 bits per heavy atom. The topological polar surface area (TPSA) is 142 Å². The number of carbonyl (C=O) groups is 1. The lowest BCUT2D eigenvalue weighted by molar-refractivity contribution is -0.376. The third-order valence-corrected chi connectivity index (χ3v) is 10.9. The van der Waals surface area contributed by atoms with Gasteiger partial charge in [0.05, 0.1) is 24.3 Å². The number of thiophene rings is 1. The van der Waals surface area contributed by atoms with Gasteiger partial charge in [-0.15, -0.1) is 11.3 Å². The molecule has 0 saturated carbocycles. The lowest BCUT2D eigenvalue weighted by Gasteiger charge is -2.49. The number of ether oxygens (including phenoxy) is 1. The van der Waals surface area contributed by atoms with E-state index in [2.05, 4.69) is 9.97 Å². The van der Waals surface area contributed by atoms with Crippen molar-refractivity contribution >= 4 is 38.1 Å². The van der Waals surface area contributed by atoms with Gasteiger partial charge in [0.2, 0.25) is 5.95 Å². The molecule has 5 rings (SSSR count). The quantitative estimate of drug-likeness (QED) is 0.447. The number of morpholine rings is 1. The number of hydrogen-bond acceptors (Lipinski definition) is 11. The average Bonchev–Trinajstić information content (AvgIpc) is 3.34. The van der Waals surface area contributed by atoms with E-state index in [1.54, 1.807) is 0 Å². The Labute approximate surface area is 239 Å². The number of halogens is 6. The smallest absolute Gasteiger partial charge is 0.391 e. The zero-order valence-corrected chi connectivity index (χ0v) is 23.3. The van der Waals surface area contributed by atoms with Gasteiger partial charge < -0.3 is 20.5 Å². The number of rotatable bonds is 6. The van der Waals surface area contributed by atoms with Gasteiger partial charge in [-0.2, -0.15) is 30.6 Å². The number of ketones is 1. The summed E-state index contributed by atoms with van der Waals surface area (Å²) in [6.07, 6.45) is -11.2. The lowest BCUT2D eigenvalue weighted by Crippen LogP contribution is -2.64. The predicted octanol–water partition coefficient (Wildman–Crippen LogP) is 1.74. The van der Waals surface area contributed by atoms with Crippen LogP contribution in [0.15, 0.2) is 28.7 Å². The summed E-state index contributed by atoms with van der Waals surface area (Å²) in [6, 6.07) is 1.55. The molecule has 5 heterocycles. The van der Waals surface area contributed by atoms with Crippen molar-refractivity contribution in [2.45, 2.75) is 53.1 Å². The second-order valence-electron chi connectivity index (χ2n) is 10.3. The van der Waals surface area contributed by atoms with Gasteiger partial charge in [-0.1, -0.05) is 0 Å². The van der Waals surface area contributed by atoms with Crippen molar-refractivity contribution < 1.29 is 49.4 Å². The van der Waals surface area contributed by atoms with Crippen molar-refractivity contribution in [1.82, 2.24) is 19.2 Å². The number of sulfonamides is 1. The molecular formula is C23H26F6N6O5S2. The van der Waals surface area contributed by atoms with Crippen molar-refractivity contribution in [2.24, 2.45) is 0 Å². The molecule has 0 aromatic carbocycles. The van der Waals surface area contributed by atoms with Gasteiger partial charge >= 0.3 is 12.4 Å². The first kappa shape index (κ1) is 30.9. The Morgan fingerprint density at radius 2 is 1.62 bits per heavy atom. The molecule has 3 fully saturated rings. The third kappa shape index (κ3) is 5.45. The van der Waals surface area contributed by atoms with Crippen LogP contribution in [0, 0.1) is 0 Å². The number of fused-ring (bicyclic) bond motifs is 2. The number of carbonyl (C=O) groups excluding carboxylic acids is 1. The first-order valence-electron chi connectivity index (χ1n) is 12.7. The molecule has 0 spiro atoms. The highest BCUT2D eigenvalue weighted by molar-refractivity contribution is 7.91. The van der Waals surface area contributed by atoms with Crippen LogP contribution in [-0.2, 0) is 25.2 Å². The summed E-state index contributed by atoms with van der Waals surface area (Å²) >= 11 is 0.882. The van der Waals surface area contributed by atoms with E-state index in [4.69, 9.17) is 10.5 Å². The van der Waals surface area contributed by atoms with Crippen LogP contribution >= 0.6 is 11.3 Å². The molecule has 19 heteroatoms. The molecule has 3 N–H and O–H groups in total. The lowest BCUT2D eigenvalue weighted by atomic mass is 9.92. The Balaban J connectivity index is 1.46. The van der Waals surface area contributed by atoms with Crippen LogP contribution < -0.4 is 10.6 Å². The van der Waals surface area contributed by atoms with E-state index >= 15 is 0 Å². The molecule has 0 amide bonds. The Kier molecular flexibility index (Phi) is 7.97. The van der Waals surface area contributed by atoms with Crippen molar-refractivity contribution in [3.8, 4) is 0 Å². The van der Waals surface area contributed by atoms with Crippen molar-refractivity contribution in [2.75, 3.05) is 50.0 Å². The van der Waals surface area contributed by atoms with E-state index in [0.717, 1.165) is 11.3 Å². The summed E-state index contributed by atoms with van der Waals surface area (Å²) in [5.74, 6) is -0.187. The number of piperidine rings is 1. The number of anilines is 2. The highest BCUT2D eigenvalue weighted by Gasteiger charge is 2.71. The zero-order valence-electron chi connectivity index (χ0n) is 21.7. The van der Waals surface area contributed by atoms with E-state index in [1.807, 2.05) is 4.90 Å². The molecule has 232 valence electrons. The maximum Gasteiger partial charge on any atom is 0.430 e. The van der Waals surface area contributed by atoms with Gasteiger partial charge in [0.1, 0.15) is 9.99 Å². The highest BCUT2D eigenvalue weighted by atomic mass is 32.2. The number of nitrogen functional groups attached to an aromatic ring is 1. The number of aromatic nitrogens is 2. The summed E-state index contributed by atoms with van der Waals surface area (Å²) in [7, 11) is -3.98. The maximum absolute atomic E-state index is 13.4. The normalized spacial score (nSPS) is 25.2. The third-order valence-electron chi connectivity index (χ3n) is 7.68. The van der Waals surface area contributed by atoms with Gasteiger partial charge in [-0.3, -0.25) is 9.69 Å². The average molecular weight is 645 g/mol. The molecule has 42 heavy (non-hydrogen) atoms. The van der Waals surface area contributed by atoms with Crippen LogP contribution in [-0.4, -0.2) is 108 Å². The van der Waals surface area contributed by atoms with E-state index in [-0.39, 0.29) is 92.7 Å². The summed E-state index contributed by atoms with van der Waals surface area (Å²) in [5, 5.41) is 9.99. The zero-order chi connectivity index (χ0) is 30.7. The summed E-state index contributed by atoms with van der Waals surface area (Å²) in [5.41, 5.74) is -1.08. The molecule has 2 bridgehead atoms. The van der Waals surface area contributed by atoms with Crippen molar-refractivity contribution in [3.63, 3.8) is 0 Å². The fraction of sp³-hybridized carbons (Fsp3) is 0.609. The van der Waals surface area contributed by atoms with Crippen LogP contribution in [0.3, 0.4) is 0 Å². The van der Waals surface area contributed by atoms with E-state index < -0.39 is 39.6 Å². The summed E-state index contributed by atoms with van der Waals surface area (Å²) in [6.45, 7) is 0.459. The molecular weight excluding hydrogens is 618 g/mol. The van der Waals surface area contributed by atoms with Gasteiger partial charge in [0.15, 0.2) is 0 Å². The molecule has 2 aromatic rings. The van der Waals surface area contributed by atoms with Gasteiger partial charge in [-0.25, -0.2) is 18.4 Å². The van der Waals surface area contributed by atoms with Crippen LogP contribution in [0.5, 0.6) is 0 Å². The summed E-state index contributed by atoms with van der Waals surface area (Å²) < 4.78 is 114. The number of nitrogens with zero attached hydrogens (tertiary/aromatic N) is 5. The first-order chi connectivity index (χ1) is 19.5. The molecule has 2 unspecified atom stereocenters. The van der Waals surface area contributed by atoms with Crippen LogP contribution in [0.1, 0.15) is 18.4 Å². The molecule has 2 aromatic heterocycles. The van der Waals surface area contributed by atoms with Gasteiger partial charge in [0, 0.05) is 69.1 Å². The predicted molar refractivity (Wildman–Crippen MR) is 136 cm³/mol. The highest BCUT2D eigenvalue weighted by Crippen LogP contribution is 2.49. The molecule has 0 radical (unpaired) electrons. The van der Waals surface area contributed by atoms with E-state index in [1.165, 1.54) is 21.3 Å². The Hall–Kier alpha value is -2.58. The standard InChI is InChI=1S/C23H26F6N6O5S2/c24-22(25,26)21(37,23(27,28)29)13-7-31-20(32-8-13)34-4-3-33(42(38,39)19-2-1-18(30)41-19)9-16(34)10-35-14-5-17(36)6-15(35)12-40-11-14/h1-2,7-8,14-16,37H,3-6,9-12,30H2/t14?,15?,16-/m1/s1. The first-order valence-corrected chi connectivity index (χ1v) is 14.9. The monoisotopic (exact) mass is 644 g/mol. The molecule has 0 aliphatic carbocycles. The Bertz CT molecular complexity index is 1390. The molecule has 3 aliphatic rings. The maximum atomic E-state index is 13.4. The van der Waals surface area contributed by atoms with Crippen LogP contribution in [0.4, 0.5) is 37.3 Å². The van der Waals surface area contributed by atoms with E-state index in [0.29, 0.717) is 5.00 Å². The summed E-state index contributed by atoms with van der Waals surface area (Å²) in [4.78, 5) is 23.2. The fourth-order valence-electron chi connectivity index (χ4n) is 5.54. The van der Waals surface area contributed by atoms with Gasteiger partial charge in [0.25, 0.3) is 15.6 Å². The number of nitrogens with two attached hydrogens (primary N) is 1. The minimum Gasteiger partial charge on any atom is -0.391 e. The minimum absolute atomic E-state index is 0.0141. The minimum atomic E-state index is -6.10. The fourth-order valence-corrected chi connectivity index (χ4v) is 8.26. The van der Waals surface area contributed by atoms with E-state index in [9.17, 15) is 44.7 Å².